The van der Waals surface area contributed by atoms with Gasteiger partial charge in [-0.25, -0.2) is 0 Å². The lowest BCUT2D eigenvalue weighted by Gasteiger charge is -2.59. The largest absolute Gasteiger partial charge is 0.377 e. The zero-order valence-corrected chi connectivity index (χ0v) is 22.8. The summed E-state index contributed by atoms with van der Waals surface area (Å²) in [7, 11) is 1.85. The molecule has 0 amide bonds. The van der Waals surface area contributed by atoms with Crippen LogP contribution in [0.4, 0.5) is 0 Å². The summed E-state index contributed by atoms with van der Waals surface area (Å²) in [6, 6.07) is 0. The molecule has 4 rings (SSSR count). The van der Waals surface area contributed by atoms with Gasteiger partial charge in [0.2, 0.25) is 0 Å². The van der Waals surface area contributed by atoms with E-state index in [4.69, 9.17) is 4.74 Å². The third kappa shape index (κ3) is 3.57. The minimum absolute atomic E-state index is 0.139. The molecule has 0 spiro atoms. The molecular formula is C31H48O2. The van der Waals surface area contributed by atoms with Crippen LogP contribution >= 0.6 is 0 Å². The van der Waals surface area contributed by atoms with E-state index in [-0.39, 0.29) is 27.8 Å². The summed E-state index contributed by atoms with van der Waals surface area (Å²) in [5.41, 5.74) is 5.02. The second-order valence-electron chi connectivity index (χ2n) is 13.4. The molecule has 0 bridgehead atoms. The van der Waals surface area contributed by atoms with Crippen LogP contribution in [-0.2, 0) is 9.53 Å². The van der Waals surface area contributed by atoms with E-state index in [0.717, 1.165) is 25.7 Å². The van der Waals surface area contributed by atoms with Crippen molar-refractivity contribution in [2.24, 2.45) is 39.4 Å². The number of fused-ring (bicyclic) bond motifs is 5. The third-order valence-corrected chi connectivity index (χ3v) is 11.2. The fraction of sp³-hybridized carbons (Fsp3) is 0.774. The van der Waals surface area contributed by atoms with Crippen LogP contribution < -0.4 is 0 Å². The van der Waals surface area contributed by atoms with Gasteiger partial charge in [-0.2, -0.15) is 0 Å². The van der Waals surface area contributed by atoms with Crippen molar-refractivity contribution >= 4 is 5.78 Å². The molecule has 0 aromatic carbocycles. The molecule has 2 nitrogen and oxygen atoms in total. The van der Waals surface area contributed by atoms with Crippen molar-refractivity contribution in [1.29, 1.82) is 0 Å². The van der Waals surface area contributed by atoms with E-state index >= 15 is 0 Å². The molecule has 0 aromatic rings. The summed E-state index contributed by atoms with van der Waals surface area (Å²) in [4.78, 5) is 12.8. The lowest BCUT2D eigenvalue weighted by molar-refractivity contribution is -0.138. The van der Waals surface area contributed by atoms with Crippen LogP contribution in [0, 0.1) is 39.4 Å². The number of ether oxygens (including phenoxy) is 1. The Morgan fingerprint density at radius 1 is 1.12 bits per heavy atom. The number of Topliss-reactive ketones (excluding diaryl/α,β-unsaturated/α-hetero) is 1. The number of ketones is 1. The number of hydrogen-bond donors (Lipinski definition) is 0. The minimum Gasteiger partial charge on any atom is -0.377 e. The van der Waals surface area contributed by atoms with Gasteiger partial charge in [0, 0.05) is 18.9 Å². The van der Waals surface area contributed by atoms with Crippen LogP contribution in [0.5, 0.6) is 0 Å². The number of methoxy groups -OCH3 is 1. The van der Waals surface area contributed by atoms with Crippen molar-refractivity contribution in [2.45, 2.75) is 106 Å². The molecule has 0 aliphatic heterocycles. The molecular weight excluding hydrogens is 404 g/mol. The van der Waals surface area contributed by atoms with Gasteiger partial charge in [-0.15, -0.1) is 0 Å². The van der Waals surface area contributed by atoms with Crippen molar-refractivity contribution in [3.05, 3.63) is 34.9 Å². The molecule has 4 aliphatic carbocycles. The van der Waals surface area contributed by atoms with Crippen molar-refractivity contribution in [3.63, 3.8) is 0 Å². The van der Waals surface area contributed by atoms with Crippen molar-refractivity contribution in [1.82, 2.24) is 0 Å². The summed E-state index contributed by atoms with van der Waals surface area (Å²) in [6.45, 7) is 18.9. The Morgan fingerprint density at radius 3 is 2.45 bits per heavy atom. The van der Waals surface area contributed by atoms with Crippen molar-refractivity contribution < 1.29 is 9.53 Å². The number of carbonyl (C=O) groups excluding carboxylic acids is 1. The number of allylic oxidation sites excluding steroid dienone is 5. The Bertz CT molecular complexity index is 900. The van der Waals surface area contributed by atoms with Gasteiger partial charge in [-0.05, 0) is 97.5 Å². The van der Waals surface area contributed by atoms with Crippen molar-refractivity contribution in [3.8, 4) is 0 Å². The Morgan fingerprint density at radius 2 is 1.82 bits per heavy atom. The van der Waals surface area contributed by atoms with E-state index in [1.165, 1.54) is 24.8 Å². The monoisotopic (exact) mass is 452 g/mol. The first kappa shape index (κ1) is 25.0. The van der Waals surface area contributed by atoms with E-state index < -0.39 is 0 Å². The predicted octanol–water partition coefficient (Wildman–Crippen LogP) is 8.09. The highest BCUT2D eigenvalue weighted by Crippen LogP contribution is 2.71. The van der Waals surface area contributed by atoms with Crippen LogP contribution in [0.15, 0.2) is 34.9 Å². The number of rotatable bonds is 5. The Balaban J connectivity index is 1.66. The molecule has 2 saturated carbocycles. The summed E-state index contributed by atoms with van der Waals surface area (Å²) in [6.07, 6.45) is 15.4. The average molecular weight is 453 g/mol. The lowest BCUT2D eigenvalue weighted by atomic mass is 9.44. The minimum atomic E-state index is -0.218. The summed E-state index contributed by atoms with van der Waals surface area (Å²) < 4.78 is 5.84. The van der Waals surface area contributed by atoms with Gasteiger partial charge >= 0.3 is 0 Å². The van der Waals surface area contributed by atoms with Gasteiger partial charge in [0.1, 0.15) is 5.78 Å². The maximum atomic E-state index is 12.8. The Hall–Kier alpha value is -1.15. The quantitative estimate of drug-likeness (QED) is 0.394. The highest BCUT2D eigenvalue weighted by molar-refractivity contribution is 5.86. The van der Waals surface area contributed by atoms with Crippen molar-refractivity contribution in [2.75, 3.05) is 7.11 Å². The van der Waals surface area contributed by atoms with Gasteiger partial charge in [-0.3, -0.25) is 4.79 Å². The first-order chi connectivity index (χ1) is 15.3. The first-order valence-electron chi connectivity index (χ1n) is 13.4. The maximum absolute atomic E-state index is 12.8. The maximum Gasteiger partial charge on any atom is 0.138 e. The van der Waals surface area contributed by atoms with Gasteiger partial charge in [0.05, 0.1) is 6.10 Å². The Labute approximate surface area is 203 Å². The summed E-state index contributed by atoms with van der Waals surface area (Å²) >= 11 is 0. The molecule has 2 fully saturated rings. The fourth-order valence-corrected chi connectivity index (χ4v) is 8.89. The van der Waals surface area contributed by atoms with Crippen LogP contribution in [0.25, 0.3) is 0 Å². The smallest absolute Gasteiger partial charge is 0.138 e. The van der Waals surface area contributed by atoms with Gasteiger partial charge in [0.25, 0.3) is 0 Å². The average Bonchev–Trinajstić information content (AvgIpc) is 3.02. The van der Waals surface area contributed by atoms with Crippen LogP contribution in [0.3, 0.4) is 0 Å². The highest BCUT2D eigenvalue weighted by Gasteiger charge is 2.63. The first-order valence-corrected chi connectivity index (χ1v) is 13.4. The predicted molar refractivity (Wildman–Crippen MR) is 138 cm³/mol. The topological polar surface area (TPSA) is 26.3 Å². The van der Waals surface area contributed by atoms with Crippen LogP contribution in [0.2, 0.25) is 0 Å². The standard InChI is InChI=1S/C31H48O2/c1-20(2)18-22(33-9)19-21(3)23-12-16-31(8)25-10-11-26-28(4,5)27(32)14-15-29(26,6)24(25)13-17-30(23,31)7/h10,13,18,21-23,26H,11-12,14-17,19H2,1-9H3. The molecule has 2 heteroatoms. The molecule has 0 heterocycles. The molecule has 33 heavy (non-hydrogen) atoms. The fourth-order valence-electron chi connectivity index (χ4n) is 8.89. The van der Waals surface area contributed by atoms with E-state index in [0.29, 0.717) is 23.5 Å². The number of hydrogen-bond acceptors (Lipinski definition) is 2. The highest BCUT2D eigenvalue weighted by atomic mass is 16.5. The molecule has 0 saturated heterocycles. The molecule has 0 aromatic heterocycles. The zero-order valence-electron chi connectivity index (χ0n) is 22.8. The number of carbonyl (C=O) groups is 1. The molecule has 7 unspecified atom stereocenters. The van der Waals surface area contributed by atoms with Gasteiger partial charge < -0.3 is 4.74 Å². The van der Waals surface area contributed by atoms with E-state index in [9.17, 15) is 4.79 Å². The second-order valence-corrected chi connectivity index (χ2v) is 13.4. The van der Waals surface area contributed by atoms with Gasteiger partial charge in [-0.1, -0.05) is 65.3 Å². The Kier molecular flexibility index (Phi) is 6.21. The van der Waals surface area contributed by atoms with Crippen LogP contribution in [-0.4, -0.2) is 19.0 Å². The second kappa shape index (κ2) is 8.21. The summed E-state index contributed by atoms with van der Waals surface area (Å²) in [5, 5.41) is 0. The zero-order chi connectivity index (χ0) is 24.4. The summed E-state index contributed by atoms with van der Waals surface area (Å²) in [5.74, 6) is 2.23. The third-order valence-electron chi connectivity index (χ3n) is 11.2. The van der Waals surface area contributed by atoms with Crippen LogP contribution in [0.1, 0.15) is 100 Å². The molecule has 4 aliphatic rings. The van der Waals surface area contributed by atoms with Gasteiger partial charge in [0.15, 0.2) is 0 Å². The molecule has 0 radical (unpaired) electrons. The normalized spacial score (nSPS) is 41.2. The molecule has 0 N–H and O–H groups in total. The SMILES string of the molecule is COC(C=C(C)C)CC(C)C1CCC2(C)C3=CCC4C(C)(C)C(=O)CCC4(C)C3=CCC12C. The van der Waals surface area contributed by atoms with E-state index in [2.05, 4.69) is 73.6 Å². The van der Waals surface area contributed by atoms with E-state index in [1.54, 1.807) is 11.1 Å². The molecule has 184 valence electrons. The molecule has 7 atom stereocenters. The van der Waals surface area contributed by atoms with E-state index in [1.807, 2.05) is 7.11 Å². The lowest BCUT2D eigenvalue weighted by Crippen LogP contribution is -2.53.